The van der Waals surface area contributed by atoms with Gasteiger partial charge in [0.2, 0.25) is 5.91 Å². The molecule has 1 N–H and O–H groups in total. The Morgan fingerprint density at radius 2 is 2.00 bits per heavy atom. The van der Waals surface area contributed by atoms with Crippen LogP contribution in [0.25, 0.3) is 0 Å². The summed E-state index contributed by atoms with van der Waals surface area (Å²) in [7, 11) is 0. The van der Waals surface area contributed by atoms with E-state index in [4.69, 9.17) is 46.4 Å². The van der Waals surface area contributed by atoms with E-state index < -0.39 is 9.75 Å². The van der Waals surface area contributed by atoms with Crippen LogP contribution in [0.15, 0.2) is 23.3 Å². The maximum absolute atomic E-state index is 12.1. The van der Waals surface area contributed by atoms with E-state index in [2.05, 4.69) is 10.5 Å². The molecule has 0 bridgehead atoms. The first-order valence-corrected chi connectivity index (χ1v) is 7.92. The van der Waals surface area contributed by atoms with Crippen molar-refractivity contribution >= 4 is 58.0 Å². The molecule has 1 aliphatic carbocycles. The van der Waals surface area contributed by atoms with Crippen molar-refractivity contribution in [1.29, 1.82) is 0 Å². The van der Waals surface area contributed by atoms with Gasteiger partial charge in [-0.2, -0.15) is 5.10 Å². The van der Waals surface area contributed by atoms with Gasteiger partial charge in [0.05, 0.1) is 16.1 Å². The van der Waals surface area contributed by atoms with Gasteiger partial charge in [-0.1, -0.05) is 36.2 Å². The van der Waals surface area contributed by atoms with E-state index in [1.54, 1.807) is 25.1 Å². The van der Waals surface area contributed by atoms with E-state index in [1.807, 2.05) is 6.92 Å². The van der Waals surface area contributed by atoms with Crippen LogP contribution >= 0.6 is 46.4 Å². The normalized spacial score (nSPS) is 23.8. The topological polar surface area (TPSA) is 41.5 Å². The van der Waals surface area contributed by atoms with E-state index in [9.17, 15) is 4.79 Å². The highest BCUT2D eigenvalue weighted by Gasteiger charge is 2.68. The number of hydrazone groups is 1. The van der Waals surface area contributed by atoms with E-state index in [-0.39, 0.29) is 5.91 Å². The van der Waals surface area contributed by atoms with Crippen molar-refractivity contribution in [2.75, 3.05) is 0 Å². The number of nitrogens with one attached hydrogen (secondary N) is 1. The molecule has 0 aliphatic heterocycles. The lowest BCUT2D eigenvalue weighted by atomic mass is 10.1. The zero-order chi connectivity index (χ0) is 15.8. The van der Waals surface area contributed by atoms with Crippen LogP contribution in [-0.2, 0) is 4.79 Å². The maximum atomic E-state index is 12.1. The fourth-order valence-corrected chi connectivity index (χ4v) is 3.16. The molecule has 7 heteroatoms. The fourth-order valence-electron chi connectivity index (χ4n) is 1.94. The third kappa shape index (κ3) is 3.31. The van der Waals surface area contributed by atoms with Crippen LogP contribution in [0.4, 0.5) is 0 Å². The van der Waals surface area contributed by atoms with Crippen LogP contribution in [0.3, 0.4) is 0 Å². The van der Waals surface area contributed by atoms with Gasteiger partial charge in [0, 0.05) is 10.6 Å². The Morgan fingerprint density at radius 1 is 1.38 bits per heavy atom. The second-order valence-electron chi connectivity index (χ2n) is 5.19. The van der Waals surface area contributed by atoms with Crippen molar-refractivity contribution in [2.24, 2.45) is 10.5 Å². The molecule has 0 unspecified atom stereocenters. The third-order valence-electron chi connectivity index (χ3n) is 3.63. The number of hydrogen-bond acceptors (Lipinski definition) is 2. The zero-order valence-corrected chi connectivity index (χ0v) is 14.5. The van der Waals surface area contributed by atoms with Gasteiger partial charge in [-0.05, 0) is 31.9 Å². The minimum Gasteiger partial charge on any atom is -0.272 e. The molecule has 1 fully saturated rings. The van der Waals surface area contributed by atoms with Crippen molar-refractivity contribution in [2.45, 2.75) is 31.0 Å². The molecular formula is C14H14Cl4N2O. The van der Waals surface area contributed by atoms with E-state index >= 15 is 0 Å². The first kappa shape index (κ1) is 16.9. The number of amides is 1. The molecule has 21 heavy (non-hydrogen) atoms. The van der Waals surface area contributed by atoms with Gasteiger partial charge in [-0.25, -0.2) is 5.43 Å². The summed E-state index contributed by atoms with van der Waals surface area (Å²) in [6.45, 7) is 3.63. The highest BCUT2D eigenvalue weighted by atomic mass is 35.5. The Kier molecular flexibility index (Phi) is 4.79. The van der Waals surface area contributed by atoms with Gasteiger partial charge in [-0.15, -0.1) is 23.2 Å². The monoisotopic (exact) mass is 366 g/mol. The number of nitrogens with zero attached hydrogens (tertiary/aromatic N) is 1. The maximum Gasteiger partial charge on any atom is 0.249 e. The minimum atomic E-state index is -1.02. The van der Waals surface area contributed by atoms with Crippen molar-refractivity contribution < 1.29 is 4.79 Å². The summed E-state index contributed by atoms with van der Waals surface area (Å²) in [6, 6.07) is 5.13. The van der Waals surface area contributed by atoms with Gasteiger partial charge in [-0.3, -0.25) is 4.79 Å². The number of alkyl halides is 2. The predicted octanol–water partition coefficient (Wildman–Crippen LogP) is 4.81. The highest BCUT2D eigenvalue weighted by molar-refractivity contribution is 6.53. The summed E-state index contributed by atoms with van der Waals surface area (Å²) >= 11 is 24.0. The van der Waals surface area contributed by atoms with Gasteiger partial charge in [0.25, 0.3) is 0 Å². The predicted molar refractivity (Wildman–Crippen MR) is 88.6 cm³/mol. The average Bonchev–Trinajstić information content (AvgIpc) is 2.92. The van der Waals surface area contributed by atoms with Crippen molar-refractivity contribution in [3.8, 4) is 0 Å². The molecule has 1 aromatic carbocycles. The Labute approximate surface area is 143 Å². The van der Waals surface area contributed by atoms with Gasteiger partial charge >= 0.3 is 0 Å². The van der Waals surface area contributed by atoms with Crippen LogP contribution in [0.5, 0.6) is 0 Å². The Hall–Kier alpha value is -0.480. The Balaban J connectivity index is 2.17. The number of benzene rings is 1. The first-order chi connectivity index (χ1) is 9.71. The van der Waals surface area contributed by atoms with Crippen molar-refractivity contribution in [3.63, 3.8) is 0 Å². The molecule has 1 aliphatic rings. The van der Waals surface area contributed by atoms with Crippen LogP contribution in [-0.4, -0.2) is 16.0 Å². The standard InChI is InChI=1S/C14H14Cl4N2O/c1-3-11(9-5-4-8(15)6-10(9)16)19-20-12(21)13(2)7-14(13,17)18/h4-6H,3,7H2,1-2H3,(H,20,21)/b19-11-/t13-/m0/s1. The Morgan fingerprint density at radius 3 is 2.48 bits per heavy atom. The molecule has 3 nitrogen and oxygen atoms in total. The molecule has 1 atom stereocenters. The molecule has 0 saturated heterocycles. The van der Waals surface area contributed by atoms with E-state index in [0.717, 1.165) is 5.56 Å². The van der Waals surface area contributed by atoms with Crippen LogP contribution < -0.4 is 5.43 Å². The summed E-state index contributed by atoms with van der Waals surface area (Å²) in [6.07, 6.45) is 1.01. The molecule has 2 rings (SSSR count). The first-order valence-electron chi connectivity index (χ1n) is 6.41. The minimum absolute atomic E-state index is 0.302. The smallest absolute Gasteiger partial charge is 0.249 e. The molecule has 0 radical (unpaired) electrons. The number of carbonyl (C=O) groups excluding carboxylic acids is 1. The molecule has 0 aromatic heterocycles. The van der Waals surface area contributed by atoms with Crippen LogP contribution in [0, 0.1) is 5.41 Å². The number of hydrogen-bond donors (Lipinski definition) is 1. The van der Waals surface area contributed by atoms with Crippen LogP contribution in [0.2, 0.25) is 10.0 Å². The number of halogens is 4. The summed E-state index contributed by atoms with van der Waals surface area (Å²) < 4.78 is -1.02. The molecule has 0 heterocycles. The van der Waals surface area contributed by atoms with Gasteiger partial charge in [0.15, 0.2) is 0 Å². The van der Waals surface area contributed by atoms with Crippen molar-refractivity contribution in [1.82, 2.24) is 5.43 Å². The lowest BCUT2D eigenvalue weighted by Crippen LogP contribution is -2.30. The average molecular weight is 368 g/mol. The summed E-state index contributed by atoms with van der Waals surface area (Å²) in [5.41, 5.74) is 3.10. The van der Waals surface area contributed by atoms with Crippen molar-refractivity contribution in [3.05, 3.63) is 33.8 Å². The van der Waals surface area contributed by atoms with Crippen LogP contribution in [0.1, 0.15) is 32.3 Å². The SMILES string of the molecule is CC/C(=N/NC(=O)[C@]1(C)CC1(Cl)Cl)c1ccc(Cl)cc1Cl. The second kappa shape index (κ2) is 5.96. The number of carbonyl (C=O) groups is 1. The molecule has 114 valence electrons. The van der Waals surface area contributed by atoms with E-state index in [1.165, 1.54) is 0 Å². The molecule has 1 aromatic rings. The molecular weight excluding hydrogens is 354 g/mol. The van der Waals surface area contributed by atoms with Gasteiger partial charge in [0.1, 0.15) is 4.33 Å². The summed E-state index contributed by atoms with van der Waals surface area (Å²) in [5, 5.41) is 5.18. The lowest BCUT2D eigenvalue weighted by molar-refractivity contribution is -0.125. The fraction of sp³-hybridized carbons (Fsp3) is 0.429. The second-order valence-corrected chi connectivity index (χ2v) is 7.52. The highest BCUT2D eigenvalue weighted by Crippen LogP contribution is 2.63. The quantitative estimate of drug-likeness (QED) is 0.463. The van der Waals surface area contributed by atoms with Gasteiger partial charge < -0.3 is 0 Å². The van der Waals surface area contributed by atoms with E-state index in [0.29, 0.717) is 28.6 Å². The molecule has 1 amide bonds. The lowest BCUT2D eigenvalue weighted by Gasteiger charge is -2.11. The zero-order valence-electron chi connectivity index (χ0n) is 11.5. The molecule has 1 saturated carbocycles. The summed E-state index contributed by atoms with van der Waals surface area (Å²) in [5.74, 6) is -0.302. The molecule has 0 spiro atoms. The largest absolute Gasteiger partial charge is 0.272 e. The third-order valence-corrected chi connectivity index (χ3v) is 5.28. The summed E-state index contributed by atoms with van der Waals surface area (Å²) in [4.78, 5) is 12.1. The Bertz CT molecular complexity index is 615. The number of rotatable bonds is 4.